The largest absolute Gasteiger partial charge is 0.493 e. The van der Waals surface area contributed by atoms with E-state index in [-0.39, 0.29) is 25.0 Å². The number of carboxylic acid groups (broad SMARTS) is 1. The Morgan fingerprint density at radius 2 is 2.30 bits per heavy atom. The van der Waals surface area contributed by atoms with Crippen LogP contribution in [0.1, 0.15) is 23.7 Å². The number of likely N-dealkylation sites (N-methyl/N-ethyl adjacent to an activating group) is 1. The van der Waals surface area contributed by atoms with E-state index in [0.717, 1.165) is 0 Å². The van der Waals surface area contributed by atoms with Crippen molar-refractivity contribution >= 4 is 11.9 Å². The number of nitrogens with zero attached hydrogens (tertiary/aromatic N) is 1. The summed E-state index contributed by atoms with van der Waals surface area (Å²) >= 11 is 0. The molecular formula is C14H17NO5. The van der Waals surface area contributed by atoms with Gasteiger partial charge in [-0.25, -0.2) is 0 Å². The minimum atomic E-state index is -0.923. The Hall–Kier alpha value is -2.24. The third kappa shape index (κ3) is 3.01. The Labute approximate surface area is 116 Å². The minimum Gasteiger partial charge on any atom is -0.493 e. The van der Waals surface area contributed by atoms with Crippen LogP contribution in [-0.2, 0) is 4.79 Å². The number of carboxylic acids is 1. The van der Waals surface area contributed by atoms with E-state index < -0.39 is 5.97 Å². The van der Waals surface area contributed by atoms with Crippen LogP contribution in [0.2, 0.25) is 0 Å². The zero-order valence-electron chi connectivity index (χ0n) is 11.5. The lowest BCUT2D eigenvalue weighted by molar-refractivity contribution is -0.137. The van der Waals surface area contributed by atoms with Crippen LogP contribution >= 0.6 is 0 Å². The van der Waals surface area contributed by atoms with Crippen LogP contribution in [0.25, 0.3) is 0 Å². The number of fused-ring (bicyclic) bond motifs is 1. The molecule has 1 unspecified atom stereocenters. The number of amides is 1. The van der Waals surface area contributed by atoms with Gasteiger partial charge in [0.05, 0.1) is 24.6 Å². The topological polar surface area (TPSA) is 76.1 Å². The number of aliphatic carboxylic acids is 1. The summed E-state index contributed by atoms with van der Waals surface area (Å²) in [6, 6.07) is 4.93. The van der Waals surface area contributed by atoms with Crippen molar-refractivity contribution < 1.29 is 24.2 Å². The summed E-state index contributed by atoms with van der Waals surface area (Å²) in [5, 5.41) is 8.57. The normalized spacial score (nSPS) is 18.0. The SMILES string of the molecule is CC1COc2ccc(OCCC(=O)O)cc2C(=O)N1C. The van der Waals surface area contributed by atoms with Crippen molar-refractivity contribution in [2.75, 3.05) is 20.3 Å². The van der Waals surface area contributed by atoms with E-state index in [2.05, 4.69) is 0 Å². The Bertz CT molecular complexity index is 528. The van der Waals surface area contributed by atoms with Crippen molar-refractivity contribution in [2.45, 2.75) is 19.4 Å². The van der Waals surface area contributed by atoms with Crippen LogP contribution in [0.5, 0.6) is 11.5 Å². The molecule has 1 amide bonds. The van der Waals surface area contributed by atoms with Crippen LogP contribution in [-0.4, -0.2) is 48.2 Å². The van der Waals surface area contributed by atoms with E-state index >= 15 is 0 Å². The predicted molar refractivity (Wildman–Crippen MR) is 71.2 cm³/mol. The van der Waals surface area contributed by atoms with Gasteiger partial charge in [0.25, 0.3) is 5.91 Å². The third-order valence-electron chi connectivity index (χ3n) is 3.23. The van der Waals surface area contributed by atoms with E-state index in [1.165, 1.54) is 0 Å². The molecule has 2 rings (SSSR count). The molecule has 1 N–H and O–H groups in total. The molecule has 0 spiro atoms. The summed E-state index contributed by atoms with van der Waals surface area (Å²) in [4.78, 5) is 24.3. The van der Waals surface area contributed by atoms with Gasteiger partial charge in [-0.3, -0.25) is 9.59 Å². The van der Waals surface area contributed by atoms with Gasteiger partial charge < -0.3 is 19.5 Å². The number of rotatable bonds is 4. The molecule has 1 heterocycles. The van der Waals surface area contributed by atoms with Gasteiger partial charge in [-0.15, -0.1) is 0 Å². The Balaban J connectivity index is 2.17. The van der Waals surface area contributed by atoms with Gasteiger partial charge in [-0.05, 0) is 25.1 Å². The predicted octanol–water partition coefficient (Wildman–Crippen LogP) is 1.39. The highest BCUT2D eigenvalue weighted by atomic mass is 16.5. The highest BCUT2D eigenvalue weighted by molar-refractivity contribution is 5.97. The molecule has 0 bridgehead atoms. The summed E-state index contributed by atoms with van der Waals surface area (Å²) in [7, 11) is 1.73. The molecule has 0 radical (unpaired) electrons. The molecule has 1 aromatic carbocycles. The van der Waals surface area contributed by atoms with Crippen molar-refractivity contribution in [2.24, 2.45) is 0 Å². The molecule has 1 aromatic rings. The maximum atomic E-state index is 12.3. The van der Waals surface area contributed by atoms with Crippen LogP contribution < -0.4 is 9.47 Å². The number of carbonyl (C=O) groups excluding carboxylic acids is 1. The lowest BCUT2D eigenvalue weighted by atomic mass is 10.1. The average molecular weight is 279 g/mol. The maximum Gasteiger partial charge on any atom is 0.306 e. The van der Waals surface area contributed by atoms with Gasteiger partial charge in [0.1, 0.15) is 18.1 Å². The van der Waals surface area contributed by atoms with Gasteiger partial charge in [0, 0.05) is 7.05 Å². The first kappa shape index (κ1) is 14.2. The molecule has 108 valence electrons. The second kappa shape index (κ2) is 5.81. The van der Waals surface area contributed by atoms with Gasteiger partial charge >= 0.3 is 5.97 Å². The summed E-state index contributed by atoms with van der Waals surface area (Å²) in [6.45, 7) is 2.41. The van der Waals surface area contributed by atoms with Gasteiger partial charge in [-0.2, -0.15) is 0 Å². The second-order valence-corrected chi connectivity index (χ2v) is 4.73. The van der Waals surface area contributed by atoms with Crippen LogP contribution in [0, 0.1) is 0 Å². The first-order chi connectivity index (χ1) is 9.49. The number of ether oxygens (including phenoxy) is 2. The molecule has 1 atom stereocenters. The fourth-order valence-electron chi connectivity index (χ4n) is 1.86. The monoisotopic (exact) mass is 279 g/mol. The zero-order chi connectivity index (χ0) is 14.7. The Morgan fingerprint density at radius 1 is 1.55 bits per heavy atom. The average Bonchev–Trinajstić information content (AvgIpc) is 2.52. The maximum absolute atomic E-state index is 12.3. The third-order valence-corrected chi connectivity index (χ3v) is 3.23. The molecule has 1 aliphatic heterocycles. The quantitative estimate of drug-likeness (QED) is 0.901. The van der Waals surface area contributed by atoms with Crippen molar-refractivity contribution in [3.63, 3.8) is 0 Å². The lowest BCUT2D eigenvalue weighted by Crippen LogP contribution is -2.36. The number of hydrogen-bond acceptors (Lipinski definition) is 4. The molecule has 6 heteroatoms. The molecule has 1 aliphatic rings. The van der Waals surface area contributed by atoms with Crippen molar-refractivity contribution in [3.05, 3.63) is 23.8 Å². The first-order valence-electron chi connectivity index (χ1n) is 6.37. The molecule has 20 heavy (non-hydrogen) atoms. The fraction of sp³-hybridized carbons (Fsp3) is 0.429. The molecule has 6 nitrogen and oxygen atoms in total. The zero-order valence-corrected chi connectivity index (χ0v) is 11.5. The van der Waals surface area contributed by atoms with Gasteiger partial charge in [0.15, 0.2) is 0 Å². The molecule has 0 aromatic heterocycles. The number of carbonyl (C=O) groups is 2. The highest BCUT2D eigenvalue weighted by Gasteiger charge is 2.25. The smallest absolute Gasteiger partial charge is 0.306 e. The standard InChI is InChI=1S/C14H17NO5/c1-9-8-20-12-4-3-10(19-6-5-13(16)17)7-11(12)14(18)15(9)2/h3-4,7,9H,5-6,8H2,1-2H3,(H,16,17). The highest BCUT2D eigenvalue weighted by Crippen LogP contribution is 2.28. The summed E-state index contributed by atoms with van der Waals surface area (Å²) < 4.78 is 10.9. The van der Waals surface area contributed by atoms with Crippen LogP contribution in [0.3, 0.4) is 0 Å². The lowest BCUT2D eigenvalue weighted by Gasteiger charge is -2.20. The van der Waals surface area contributed by atoms with Crippen LogP contribution in [0.15, 0.2) is 18.2 Å². The Morgan fingerprint density at radius 3 is 3.00 bits per heavy atom. The van der Waals surface area contributed by atoms with E-state index in [4.69, 9.17) is 14.6 Å². The molecule has 0 aliphatic carbocycles. The van der Waals surface area contributed by atoms with E-state index in [1.807, 2.05) is 6.92 Å². The van der Waals surface area contributed by atoms with Crippen molar-refractivity contribution in [1.82, 2.24) is 4.90 Å². The number of benzene rings is 1. The van der Waals surface area contributed by atoms with Crippen molar-refractivity contribution in [1.29, 1.82) is 0 Å². The molecular weight excluding hydrogens is 262 g/mol. The summed E-state index contributed by atoms with van der Waals surface area (Å²) in [5.74, 6) is -0.0666. The van der Waals surface area contributed by atoms with Gasteiger partial charge in [0.2, 0.25) is 0 Å². The van der Waals surface area contributed by atoms with Crippen molar-refractivity contribution in [3.8, 4) is 11.5 Å². The summed E-state index contributed by atoms with van der Waals surface area (Å²) in [5.41, 5.74) is 0.435. The van der Waals surface area contributed by atoms with E-state index in [0.29, 0.717) is 23.7 Å². The summed E-state index contributed by atoms with van der Waals surface area (Å²) in [6.07, 6.45) is -0.0849. The van der Waals surface area contributed by atoms with E-state index in [9.17, 15) is 9.59 Å². The van der Waals surface area contributed by atoms with Gasteiger partial charge in [-0.1, -0.05) is 0 Å². The molecule has 0 fully saturated rings. The minimum absolute atomic E-state index is 0.00808. The first-order valence-corrected chi connectivity index (χ1v) is 6.37. The fourth-order valence-corrected chi connectivity index (χ4v) is 1.86. The van der Waals surface area contributed by atoms with E-state index in [1.54, 1.807) is 30.1 Å². The molecule has 0 saturated heterocycles. The molecule has 0 saturated carbocycles. The number of hydrogen-bond donors (Lipinski definition) is 1. The Kier molecular flexibility index (Phi) is 4.12. The van der Waals surface area contributed by atoms with Crippen LogP contribution in [0.4, 0.5) is 0 Å². The second-order valence-electron chi connectivity index (χ2n) is 4.73.